The van der Waals surface area contributed by atoms with Gasteiger partial charge >= 0.3 is 0 Å². The first-order chi connectivity index (χ1) is 8.62. The third kappa shape index (κ3) is 5.20. The molecular weight excluding hydrogens is 310 g/mol. The van der Waals surface area contributed by atoms with Gasteiger partial charge in [0.2, 0.25) is 20.0 Å². The molecule has 1 rings (SSSR count). The first kappa shape index (κ1) is 16.0. The largest absolute Gasteiger partial charge is 0.389 e. The fourth-order valence-corrected chi connectivity index (χ4v) is 2.88. The highest BCUT2D eigenvalue weighted by molar-refractivity contribution is 7.90. The maximum Gasteiger partial charge on any atom is 0.240 e. The zero-order valence-corrected chi connectivity index (χ0v) is 12.2. The maximum atomic E-state index is 11.8. The molecule has 0 aromatic heterocycles. The van der Waals surface area contributed by atoms with Gasteiger partial charge in [-0.15, -0.1) is 0 Å². The van der Waals surface area contributed by atoms with E-state index in [0.29, 0.717) is 5.56 Å². The van der Waals surface area contributed by atoms with E-state index < -0.39 is 25.8 Å². The first-order valence-corrected chi connectivity index (χ1v) is 8.62. The fraction of sp³-hybridized carbons (Fsp3) is 0.222. The van der Waals surface area contributed by atoms with Crippen molar-refractivity contribution in [3.05, 3.63) is 29.8 Å². The molecular formula is C9H13N3O4S3. The minimum absolute atomic E-state index is 0.0121. The number of nitrogens with one attached hydrogen (secondary N) is 1. The van der Waals surface area contributed by atoms with Gasteiger partial charge in [-0.3, -0.25) is 0 Å². The molecule has 0 heterocycles. The zero-order valence-electron chi connectivity index (χ0n) is 9.74. The summed E-state index contributed by atoms with van der Waals surface area (Å²) in [7, 11) is -7.49. The van der Waals surface area contributed by atoms with E-state index in [9.17, 15) is 16.8 Å². The summed E-state index contributed by atoms with van der Waals surface area (Å²) in [5, 5.41) is 4.77. The summed E-state index contributed by atoms with van der Waals surface area (Å²) in [5.41, 5.74) is 5.93. The van der Waals surface area contributed by atoms with E-state index in [1.54, 1.807) is 0 Å². The predicted octanol–water partition coefficient (Wildman–Crippen LogP) is -1.11. The quantitative estimate of drug-likeness (QED) is 0.569. The van der Waals surface area contributed by atoms with Crippen LogP contribution in [0.2, 0.25) is 0 Å². The van der Waals surface area contributed by atoms with Crippen molar-refractivity contribution in [3.8, 4) is 0 Å². The van der Waals surface area contributed by atoms with Crippen LogP contribution in [0, 0.1) is 0 Å². The van der Waals surface area contributed by atoms with Crippen LogP contribution in [-0.4, -0.2) is 34.1 Å². The van der Waals surface area contributed by atoms with Gasteiger partial charge in [0.1, 0.15) is 4.99 Å². The van der Waals surface area contributed by atoms with E-state index in [2.05, 4.69) is 4.72 Å². The molecule has 0 aliphatic carbocycles. The molecule has 5 N–H and O–H groups in total. The van der Waals surface area contributed by atoms with Crippen molar-refractivity contribution in [1.82, 2.24) is 4.72 Å². The second-order valence-electron chi connectivity index (χ2n) is 3.65. The van der Waals surface area contributed by atoms with Crippen molar-refractivity contribution in [1.29, 1.82) is 0 Å². The highest BCUT2D eigenvalue weighted by atomic mass is 32.2. The van der Waals surface area contributed by atoms with Crippen molar-refractivity contribution in [2.24, 2.45) is 10.9 Å². The summed E-state index contributed by atoms with van der Waals surface area (Å²) in [4.78, 5) is 0.146. The molecule has 106 valence electrons. The molecule has 0 fully saturated rings. The summed E-state index contributed by atoms with van der Waals surface area (Å²) in [6, 6.07) is 5.59. The minimum Gasteiger partial charge on any atom is -0.389 e. The lowest BCUT2D eigenvalue weighted by Crippen LogP contribution is -2.31. The number of nitrogens with two attached hydrogens (primary N) is 2. The summed E-state index contributed by atoms with van der Waals surface area (Å²) >= 11 is 4.74. The molecule has 1 aromatic carbocycles. The average molecular weight is 323 g/mol. The van der Waals surface area contributed by atoms with Crippen LogP contribution >= 0.6 is 12.2 Å². The second-order valence-corrected chi connectivity index (χ2v) is 7.59. The Morgan fingerprint density at radius 1 is 1.16 bits per heavy atom. The standard InChI is InChI=1S/C9H13N3O4S3/c10-9(17)7-1-3-8(4-2-7)19(15,16)12-5-6-18(11,13)14/h1-4,12H,5-6H2,(H2,10,17)(H2,11,13,14). The number of rotatable bonds is 6. The van der Waals surface area contributed by atoms with Crippen LogP contribution in [-0.2, 0) is 20.0 Å². The molecule has 0 amide bonds. The molecule has 0 radical (unpaired) electrons. The highest BCUT2D eigenvalue weighted by Crippen LogP contribution is 2.10. The number of sulfonamides is 2. The van der Waals surface area contributed by atoms with Gasteiger partial charge in [0.15, 0.2) is 0 Å². The van der Waals surface area contributed by atoms with Gasteiger partial charge in [-0.25, -0.2) is 26.7 Å². The van der Waals surface area contributed by atoms with Gasteiger partial charge in [0.05, 0.1) is 10.6 Å². The molecule has 0 unspecified atom stereocenters. The Morgan fingerprint density at radius 2 is 1.68 bits per heavy atom. The van der Waals surface area contributed by atoms with Crippen LogP contribution in [0.4, 0.5) is 0 Å². The molecule has 0 saturated heterocycles. The Bertz CT molecular complexity index is 665. The Morgan fingerprint density at radius 3 is 2.11 bits per heavy atom. The highest BCUT2D eigenvalue weighted by Gasteiger charge is 2.14. The van der Waals surface area contributed by atoms with Gasteiger partial charge < -0.3 is 5.73 Å². The van der Waals surface area contributed by atoms with Gasteiger partial charge in [-0.1, -0.05) is 24.4 Å². The fourth-order valence-electron chi connectivity index (χ4n) is 1.20. The summed E-state index contributed by atoms with van der Waals surface area (Å²) in [5.74, 6) is -0.475. The molecule has 0 aliphatic heterocycles. The van der Waals surface area contributed by atoms with Gasteiger partial charge in [0.25, 0.3) is 0 Å². The molecule has 0 spiro atoms. The number of hydrogen-bond acceptors (Lipinski definition) is 5. The van der Waals surface area contributed by atoms with E-state index in [1.807, 2.05) is 0 Å². The van der Waals surface area contributed by atoms with E-state index in [4.69, 9.17) is 23.1 Å². The number of primary sulfonamides is 1. The van der Waals surface area contributed by atoms with Crippen LogP contribution in [0.3, 0.4) is 0 Å². The van der Waals surface area contributed by atoms with Crippen LogP contribution in [0.5, 0.6) is 0 Å². The number of benzene rings is 1. The second kappa shape index (κ2) is 5.92. The van der Waals surface area contributed by atoms with E-state index in [1.165, 1.54) is 24.3 Å². The maximum absolute atomic E-state index is 11.8. The van der Waals surface area contributed by atoms with Crippen molar-refractivity contribution in [2.45, 2.75) is 4.90 Å². The normalized spacial score (nSPS) is 12.3. The van der Waals surface area contributed by atoms with Gasteiger partial charge in [-0.05, 0) is 12.1 Å². The summed E-state index contributed by atoms with van der Waals surface area (Å²) in [6.45, 7) is -0.293. The predicted molar refractivity (Wildman–Crippen MR) is 75.5 cm³/mol. The first-order valence-electron chi connectivity index (χ1n) is 5.02. The molecule has 0 atom stereocenters. The Labute approximate surface area is 117 Å². The molecule has 19 heavy (non-hydrogen) atoms. The topological polar surface area (TPSA) is 132 Å². The average Bonchev–Trinajstić information content (AvgIpc) is 2.27. The SMILES string of the molecule is NC(=S)c1ccc(S(=O)(=O)NCCS(N)(=O)=O)cc1. The monoisotopic (exact) mass is 323 g/mol. The molecule has 10 heteroatoms. The van der Waals surface area contributed by atoms with E-state index in [-0.39, 0.29) is 16.4 Å². The Kier molecular flexibility index (Phi) is 4.98. The van der Waals surface area contributed by atoms with Crippen molar-refractivity contribution in [2.75, 3.05) is 12.3 Å². The summed E-state index contributed by atoms with van der Waals surface area (Å²) < 4.78 is 47.1. The third-order valence-corrected chi connectivity index (χ3v) is 4.61. The van der Waals surface area contributed by atoms with Crippen LogP contribution in [0.15, 0.2) is 29.2 Å². The van der Waals surface area contributed by atoms with Crippen molar-refractivity contribution < 1.29 is 16.8 Å². The molecule has 0 aliphatic rings. The van der Waals surface area contributed by atoms with Gasteiger partial charge in [-0.2, -0.15) is 0 Å². The third-order valence-electron chi connectivity index (χ3n) is 2.13. The molecule has 0 bridgehead atoms. The van der Waals surface area contributed by atoms with Crippen molar-refractivity contribution in [3.63, 3.8) is 0 Å². The van der Waals surface area contributed by atoms with Crippen LogP contribution in [0.1, 0.15) is 5.56 Å². The molecule has 0 saturated carbocycles. The minimum atomic E-state index is -3.78. The number of thiocarbonyl (C=S) groups is 1. The molecule has 1 aromatic rings. The lowest BCUT2D eigenvalue weighted by Gasteiger charge is -2.06. The van der Waals surface area contributed by atoms with E-state index >= 15 is 0 Å². The zero-order chi connectivity index (χ0) is 14.7. The Balaban J connectivity index is 2.80. The Hall–Kier alpha value is -1.07. The molecule has 7 nitrogen and oxygen atoms in total. The van der Waals surface area contributed by atoms with Crippen LogP contribution in [0.25, 0.3) is 0 Å². The summed E-state index contributed by atoms with van der Waals surface area (Å²) in [6.07, 6.45) is 0. The smallest absolute Gasteiger partial charge is 0.240 e. The lowest BCUT2D eigenvalue weighted by atomic mass is 10.2. The van der Waals surface area contributed by atoms with Gasteiger partial charge in [0, 0.05) is 12.1 Å². The van der Waals surface area contributed by atoms with Crippen LogP contribution < -0.4 is 15.6 Å². The lowest BCUT2D eigenvalue weighted by molar-refractivity contribution is 0.581. The van der Waals surface area contributed by atoms with E-state index in [0.717, 1.165) is 0 Å². The van der Waals surface area contributed by atoms with Crippen molar-refractivity contribution >= 4 is 37.3 Å². The number of hydrogen-bond donors (Lipinski definition) is 3.